The van der Waals surface area contributed by atoms with E-state index in [4.69, 9.17) is 0 Å². The fourth-order valence-corrected chi connectivity index (χ4v) is 3.45. The molecule has 108 valence electrons. The molecule has 0 aliphatic heterocycles. The average molecular weight is 271 g/mol. The number of benzene rings is 1. The molecular weight excluding hydrogens is 246 g/mol. The van der Waals surface area contributed by atoms with E-state index in [0.29, 0.717) is 11.8 Å². The molecule has 2 saturated carbocycles. The predicted octanol–water partition coefficient (Wildman–Crippen LogP) is 4.22. The minimum Gasteiger partial charge on any atom is -0.349 e. The number of carbonyl (C=O) groups excluding carboxylic acids is 1. The van der Waals surface area contributed by atoms with E-state index in [0.717, 1.165) is 6.42 Å². The van der Waals surface area contributed by atoms with Gasteiger partial charge >= 0.3 is 0 Å². The van der Waals surface area contributed by atoms with Crippen LogP contribution in [0.5, 0.6) is 0 Å². The summed E-state index contributed by atoms with van der Waals surface area (Å²) in [5.41, 5.74) is 1.27. The molecule has 1 aromatic carbocycles. The van der Waals surface area contributed by atoms with Crippen LogP contribution in [0.15, 0.2) is 30.3 Å². The molecule has 3 rings (SSSR count). The van der Waals surface area contributed by atoms with Crippen molar-refractivity contribution in [1.82, 2.24) is 5.32 Å². The van der Waals surface area contributed by atoms with Crippen molar-refractivity contribution in [3.8, 4) is 0 Å². The number of hydrogen-bond donors (Lipinski definition) is 1. The number of hydrogen-bond acceptors (Lipinski definition) is 1. The summed E-state index contributed by atoms with van der Waals surface area (Å²) in [6.45, 7) is 0. The van der Waals surface area contributed by atoms with Crippen molar-refractivity contribution in [2.75, 3.05) is 0 Å². The Hall–Kier alpha value is -1.31. The summed E-state index contributed by atoms with van der Waals surface area (Å²) in [7, 11) is 0. The highest BCUT2D eigenvalue weighted by molar-refractivity contribution is 5.76. The highest BCUT2D eigenvalue weighted by Crippen LogP contribution is 2.41. The number of amides is 1. The van der Waals surface area contributed by atoms with Crippen molar-refractivity contribution in [2.45, 2.75) is 57.4 Å². The standard InChI is InChI=1S/C18H25NO/c20-17(13-14-7-3-1-4-8-14)19-18(16-11-12-16)15-9-5-2-6-10-15/h2,5-6,9-10,14,16,18H,1,3-4,7-8,11-13H2,(H,19,20). The van der Waals surface area contributed by atoms with Gasteiger partial charge in [0.1, 0.15) is 0 Å². The van der Waals surface area contributed by atoms with Gasteiger partial charge in [0.05, 0.1) is 6.04 Å². The molecule has 1 unspecified atom stereocenters. The van der Waals surface area contributed by atoms with Crippen LogP contribution < -0.4 is 5.32 Å². The molecule has 2 fully saturated rings. The second-order valence-corrected chi connectivity index (χ2v) is 6.50. The van der Waals surface area contributed by atoms with Crippen LogP contribution in [0.4, 0.5) is 0 Å². The Morgan fingerprint density at radius 2 is 1.75 bits per heavy atom. The Balaban J connectivity index is 1.57. The zero-order valence-electron chi connectivity index (χ0n) is 12.2. The number of rotatable bonds is 5. The fourth-order valence-electron chi connectivity index (χ4n) is 3.45. The van der Waals surface area contributed by atoms with E-state index in [1.165, 1.54) is 50.5 Å². The number of nitrogens with one attached hydrogen (secondary N) is 1. The van der Waals surface area contributed by atoms with Crippen LogP contribution in [0.2, 0.25) is 0 Å². The summed E-state index contributed by atoms with van der Waals surface area (Å²) in [4.78, 5) is 12.3. The molecule has 1 amide bonds. The van der Waals surface area contributed by atoms with Crippen LogP contribution in [0.1, 0.15) is 63.0 Å². The fraction of sp³-hybridized carbons (Fsp3) is 0.611. The minimum atomic E-state index is 0.243. The first-order chi connectivity index (χ1) is 9.83. The molecule has 2 aliphatic rings. The Bertz CT molecular complexity index is 432. The second-order valence-electron chi connectivity index (χ2n) is 6.50. The van der Waals surface area contributed by atoms with Crippen LogP contribution in [0, 0.1) is 11.8 Å². The predicted molar refractivity (Wildman–Crippen MR) is 81.2 cm³/mol. The van der Waals surface area contributed by atoms with Gasteiger partial charge in [0.25, 0.3) is 0 Å². The number of carbonyl (C=O) groups is 1. The maximum absolute atomic E-state index is 12.3. The van der Waals surface area contributed by atoms with Crippen LogP contribution in [-0.2, 0) is 4.79 Å². The van der Waals surface area contributed by atoms with Gasteiger partial charge < -0.3 is 5.32 Å². The molecular formula is C18H25NO. The van der Waals surface area contributed by atoms with E-state index in [-0.39, 0.29) is 11.9 Å². The Morgan fingerprint density at radius 1 is 1.05 bits per heavy atom. The lowest BCUT2D eigenvalue weighted by Crippen LogP contribution is -2.31. The Labute approximate surface area is 122 Å². The van der Waals surface area contributed by atoms with Crippen molar-refractivity contribution >= 4 is 5.91 Å². The lowest BCUT2D eigenvalue weighted by Gasteiger charge is -2.23. The maximum atomic E-state index is 12.3. The lowest BCUT2D eigenvalue weighted by molar-refractivity contribution is -0.123. The maximum Gasteiger partial charge on any atom is 0.220 e. The smallest absolute Gasteiger partial charge is 0.220 e. The van der Waals surface area contributed by atoms with E-state index in [9.17, 15) is 4.79 Å². The third-order valence-corrected chi connectivity index (χ3v) is 4.77. The van der Waals surface area contributed by atoms with Crippen molar-refractivity contribution in [2.24, 2.45) is 11.8 Å². The van der Waals surface area contributed by atoms with E-state index < -0.39 is 0 Å². The van der Waals surface area contributed by atoms with Crippen molar-refractivity contribution in [3.05, 3.63) is 35.9 Å². The SMILES string of the molecule is O=C(CC1CCCCC1)NC(c1ccccc1)C1CC1. The van der Waals surface area contributed by atoms with Crippen molar-refractivity contribution in [3.63, 3.8) is 0 Å². The molecule has 0 spiro atoms. The third-order valence-electron chi connectivity index (χ3n) is 4.77. The molecule has 0 saturated heterocycles. The van der Waals surface area contributed by atoms with Gasteiger partial charge in [0.2, 0.25) is 5.91 Å². The van der Waals surface area contributed by atoms with Crippen LogP contribution >= 0.6 is 0 Å². The first kappa shape index (κ1) is 13.7. The molecule has 1 atom stereocenters. The molecule has 0 bridgehead atoms. The van der Waals surface area contributed by atoms with Gasteiger partial charge in [-0.3, -0.25) is 4.79 Å². The molecule has 0 radical (unpaired) electrons. The average Bonchev–Trinajstić information content (AvgIpc) is 3.31. The quantitative estimate of drug-likeness (QED) is 0.853. The Kier molecular flexibility index (Phi) is 4.39. The van der Waals surface area contributed by atoms with Crippen LogP contribution in [0.25, 0.3) is 0 Å². The molecule has 20 heavy (non-hydrogen) atoms. The minimum absolute atomic E-state index is 0.243. The summed E-state index contributed by atoms with van der Waals surface area (Å²) in [6, 6.07) is 10.7. The topological polar surface area (TPSA) is 29.1 Å². The summed E-state index contributed by atoms with van der Waals surface area (Å²) in [6.07, 6.45) is 9.69. The summed E-state index contributed by atoms with van der Waals surface area (Å²) in [5, 5.41) is 3.30. The van der Waals surface area contributed by atoms with Gasteiger partial charge in [-0.1, -0.05) is 49.6 Å². The summed E-state index contributed by atoms with van der Waals surface area (Å²) >= 11 is 0. The van der Waals surface area contributed by atoms with Gasteiger partial charge in [-0.25, -0.2) is 0 Å². The zero-order chi connectivity index (χ0) is 13.8. The van der Waals surface area contributed by atoms with Crippen molar-refractivity contribution < 1.29 is 4.79 Å². The third kappa shape index (κ3) is 3.62. The van der Waals surface area contributed by atoms with E-state index in [1.807, 2.05) is 6.07 Å². The van der Waals surface area contributed by atoms with E-state index >= 15 is 0 Å². The summed E-state index contributed by atoms with van der Waals surface area (Å²) < 4.78 is 0. The van der Waals surface area contributed by atoms with E-state index in [1.54, 1.807) is 0 Å². The molecule has 0 heterocycles. The van der Waals surface area contributed by atoms with E-state index in [2.05, 4.69) is 29.6 Å². The van der Waals surface area contributed by atoms with Crippen molar-refractivity contribution in [1.29, 1.82) is 0 Å². The van der Waals surface area contributed by atoms with Gasteiger partial charge in [0, 0.05) is 6.42 Å². The molecule has 2 aliphatic carbocycles. The van der Waals surface area contributed by atoms with Gasteiger partial charge in [0.15, 0.2) is 0 Å². The normalized spacial score (nSPS) is 21.4. The largest absolute Gasteiger partial charge is 0.349 e. The molecule has 2 nitrogen and oxygen atoms in total. The summed E-state index contributed by atoms with van der Waals surface area (Å²) in [5.74, 6) is 1.55. The Morgan fingerprint density at radius 3 is 2.40 bits per heavy atom. The second kappa shape index (κ2) is 6.43. The van der Waals surface area contributed by atoms with Gasteiger partial charge in [-0.05, 0) is 43.1 Å². The molecule has 1 aromatic rings. The first-order valence-electron chi connectivity index (χ1n) is 8.17. The molecule has 0 aromatic heterocycles. The van der Waals surface area contributed by atoms with Crippen LogP contribution in [0.3, 0.4) is 0 Å². The highest BCUT2D eigenvalue weighted by atomic mass is 16.1. The lowest BCUT2D eigenvalue weighted by atomic mass is 9.86. The highest BCUT2D eigenvalue weighted by Gasteiger charge is 2.33. The van der Waals surface area contributed by atoms with Crippen LogP contribution in [-0.4, -0.2) is 5.91 Å². The first-order valence-corrected chi connectivity index (χ1v) is 8.17. The monoisotopic (exact) mass is 271 g/mol. The van der Waals surface area contributed by atoms with Gasteiger partial charge in [-0.15, -0.1) is 0 Å². The zero-order valence-corrected chi connectivity index (χ0v) is 12.2. The molecule has 1 N–H and O–H groups in total. The molecule has 2 heteroatoms. The van der Waals surface area contributed by atoms with Gasteiger partial charge in [-0.2, -0.15) is 0 Å².